The highest BCUT2D eigenvalue weighted by Crippen LogP contribution is 2.13. The van der Waals surface area contributed by atoms with E-state index in [4.69, 9.17) is 25.5 Å². The molecular weight excluding hydrogens is 168 g/mol. The Kier molecular flexibility index (Phi) is 3.59. The minimum atomic E-state index is -2.46. The molecule has 0 rings (SSSR count). The third kappa shape index (κ3) is 2.15. The highest BCUT2D eigenvalue weighted by atomic mass is 16.4. The lowest BCUT2D eigenvalue weighted by atomic mass is 9.95. The van der Waals surface area contributed by atoms with Crippen LogP contribution in [0.4, 0.5) is 0 Å². The highest BCUT2D eigenvalue weighted by molar-refractivity contribution is 5.77. The van der Waals surface area contributed by atoms with Gasteiger partial charge in [0.15, 0.2) is 5.60 Å². The molecule has 0 amide bonds. The topological polar surface area (TPSA) is 118 Å². The molecular formula is C6H12O6. The Labute approximate surface area is 68.7 Å². The SMILES string of the molecule is C[C@](O)(C(=O)O)[C@@H](O)[C@H](O)CO. The van der Waals surface area contributed by atoms with Gasteiger partial charge < -0.3 is 25.5 Å². The molecule has 0 unspecified atom stereocenters. The molecule has 0 saturated carbocycles. The zero-order valence-corrected chi connectivity index (χ0v) is 6.51. The number of carboxylic acid groups (broad SMARTS) is 1. The molecule has 72 valence electrons. The zero-order valence-electron chi connectivity index (χ0n) is 6.51. The van der Waals surface area contributed by atoms with E-state index in [1.807, 2.05) is 0 Å². The van der Waals surface area contributed by atoms with Crippen LogP contribution in [0.2, 0.25) is 0 Å². The van der Waals surface area contributed by atoms with E-state index in [1.165, 1.54) is 0 Å². The van der Waals surface area contributed by atoms with Crippen LogP contribution in [0.25, 0.3) is 0 Å². The van der Waals surface area contributed by atoms with Gasteiger partial charge in [0.25, 0.3) is 0 Å². The second kappa shape index (κ2) is 3.81. The summed E-state index contributed by atoms with van der Waals surface area (Å²) in [5, 5.41) is 43.5. The Morgan fingerprint density at radius 3 is 2.17 bits per heavy atom. The molecule has 0 saturated heterocycles. The number of hydrogen-bond donors (Lipinski definition) is 5. The summed E-state index contributed by atoms with van der Waals surface area (Å²) in [6, 6.07) is 0. The van der Waals surface area contributed by atoms with Gasteiger partial charge >= 0.3 is 5.97 Å². The van der Waals surface area contributed by atoms with E-state index in [2.05, 4.69) is 0 Å². The first kappa shape index (κ1) is 11.3. The smallest absolute Gasteiger partial charge is 0.338 e. The minimum absolute atomic E-state index is 0.815. The monoisotopic (exact) mass is 180 g/mol. The van der Waals surface area contributed by atoms with Gasteiger partial charge in [-0.1, -0.05) is 0 Å². The van der Waals surface area contributed by atoms with Crippen LogP contribution in [0.15, 0.2) is 0 Å². The maximum atomic E-state index is 10.3. The maximum Gasteiger partial charge on any atom is 0.338 e. The number of aliphatic carboxylic acids is 1. The normalized spacial score (nSPS) is 21.1. The molecule has 3 atom stereocenters. The van der Waals surface area contributed by atoms with Crippen LogP contribution < -0.4 is 0 Å². The summed E-state index contributed by atoms with van der Waals surface area (Å²) in [6.45, 7) is 0.0173. The lowest BCUT2D eigenvalue weighted by Crippen LogP contribution is -2.53. The van der Waals surface area contributed by atoms with E-state index in [0.717, 1.165) is 6.92 Å². The van der Waals surface area contributed by atoms with Crippen molar-refractivity contribution in [3.8, 4) is 0 Å². The van der Waals surface area contributed by atoms with Gasteiger partial charge in [-0.05, 0) is 6.92 Å². The Hall–Kier alpha value is -0.690. The van der Waals surface area contributed by atoms with Gasteiger partial charge in [0, 0.05) is 0 Å². The summed E-state index contributed by atoms with van der Waals surface area (Å²) >= 11 is 0. The van der Waals surface area contributed by atoms with Crippen LogP contribution >= 0.6 is 0 Å². The maximum absolute atomic E-state index is 10.3. The molecule has 0 spiro atoms. The summed E-state index contributed by atoms with van der Waals surface area (Å²) in [7, 11) is 0. The van der Waals surface area contributed by atoms with Gasteiger partial charge in [-0.15, -0.1) is 0 Å². The number of carboxylic acids is 1. The third-order valence-corrected chi connectivity index (χ3v) is 1.56. The molecule has 5 N–H and O–H groups in total. The Balaban J connectivity index is 4.44. The van der Waals surface area contributed by atoms with Crippen molar-refractivity contribution >= 4 is 5.97 Å². The molecule has 6 nitrogen and oxygen atoms in total. The predicted octanol–water partition coefficient (Wildman–Crippen LogP) is -2.46. The molecule has 0 fully saturated rings. The quantitative estimate of drug-likeness (QED) is 0.327. The molecule has 6 heteroatoms. The number of rotatable bonds is 4. The molecule has 12 heavy (non-hydrogen) atoms. The van der Waals surface area contributed by atoms with Crippen LogP contribution in [0, 0.1) is 0 Å². The lowest BCUT2D eigenvalue weighted by molar-refractivity contribution is -0.179. The number of aliphatic hydroxyl groups excluding tert-OH is 3. The number of aliphatic hydroxyl groups is 4. The van der Waals surface area contributed by atoms with Crippen LogP contribution in [-0.4, -0.2) is 55.9 Å². The first-order valence-electron chi connectivity index (χ1n) is 3.26. The van der Waals surface area contributed by atoms with E-state index < -0.39 is 30.4 Å². The van der Waals surface area contributed by atoms with Crippen molar-refractivity contribution in [2.75, 3.05) is 6.61 Å². The Bertz CT molecular complexity index is 165. The van der Waals surface area contributed by atoms with Gasteiger partial charge in [0.05, 0.1) is 6.61 Å². The predicted molar refractivity (Wildman–Crippen MR) is 37.4 cm³/mol. The van der Waals surface area contributed by atoms with Crippen LogP contribution in [0.5, 0.6) is 0 Å². The molecule has 0 aliphatic rings. The molecule has 0 aromatic heterocycles. The standard InChI is InChI=1S/C6H12O6/c1-6(12,5(10)11)4(9)3(8)2-7/h3-4,7-9,12H,2H2,1H3,(H,10,11)/t3-,4+,6-/m1/s1. The van der Waals surface area contributed by atoms with Gasteiger partial charge in [-0.2, -0.15) is 0 Å². The van der Waals surface area contributed by atoms with E-state index in [-0.39, 0.29) is 0 Å². The summed E-state index contributed by atoms with van der Waals surface area (Å²) in [5.74, 6) is -1.66. The second-order valence-electron chi connectivity index (χ2n) is 2.65. The van der Waals surface area contributed by atoms with Crippen molar-refractivity contribution in [3.05, 3.63) is 0 Å². The zero-order chi connectivity index (χ0) is 9.94. The average Bonchev–Trinajstić information content (AvgIpc) is 2.01. The van der Waals surface area contributed by atoms with Gasteiger partial charge in [0.1, 0.15) is 12.2 Å². The fourth-order valence-corrected chi connectivity index (χ4v) is 0.601. The highest BCUT2D eigenvalue weighted by Gasteiger charge is 2.42. The lowest BCUT2D eigenvalue weighted by Gasteiger charge is -2.27. The molecule has 0 radical (unpaired) electrons. The largest absolute Gasteiger partial charge is 0.479 e. The first-order chi connectivity index (χ1) is 5.34. The summed E-state index contributed by atoms with van der Waals surface area (Å²) in [5.41, 5.74) is -2.46. The van der Waals surface area contributed by atoms with Crippen LogP contribution in [-0.2, 0) is 4.79 Å². The molecule has 0 aromatic rings. The minimum Gasteiger partial charge on any atom is -0.479 e. The molecule has 0 heterocycles. The van der Waals surface area contributed by atoms with E-state index in [9.17, 15) is 4.79 Å². The first-order valence-corrected chi connectivity index (χ1v) is 3.26. The molecule has 0 bridgehead atoms. The van der Waals surface area contributed by atoms with E-state index in [0.29, 0.717) is 0 Å². The van der Waals surface area contributed by atoms with Crippen molar-refractivity contribution in [2.45, 2.75) is 24.7 Å². The van der Waals surface area contributed by atoms with E-state index >= 15 is 0 Å². The number of carbonyl (C=O) groups is 1. The van der Waals surface area contributed by atoms with Crippen molar-refractivity contribution in [1.29, 1.82) is 0 Å². The fraction of sp³-hybridized carbons (Fsp3) is 0.833. The van der Waals surface area contributed by atoms with Gasteiger partial charge in [-0.25, -0.2) is 4.79 Å². The Morgan fingerprint density at radius 1 is 1.50 bits per heavy atom. The van der Waals surface area contributed by atoms with Crippen LogP contribution in [0.3, 0.4) is 0 Å². The van der Waals surface area contributed by atoms with Crippen molar-refractivity contribution in [3.63, 3.8) is 0 Å². The second-order valence-corrected chi connectivity index (χ2v) is 2.65. The fourth-order valence-electron chi connectivity index (χ4n) is 0.601. The van der Waals surface area contributed by atoms with Gasteiger partial charge in [-0.3, -0.25) is 0 Å². The summed E-state index contributed by atoms with van der Waals surface area (Å²) < 4.78 is 0. The van der Waals surface area contributed by atoms with Gasteiger partial charge in [0.2, 0.25) is 0 Å². The third-order valence-electron chi connectivity index (χ3n) is 1.56. The average molecular weight is 180 g/mol. The van der Waals surface area contributed by atoms with Crippen LogP contribution in [0.1, 0.15) is 6.92 Å². The van der Waals surface area contributed by atoms with Crippen molar-refractivity contribution in [2.24, 2.45) is 0 Å². The summed E-state index contributed by atoms with van der Waals surface area (Å²) in [6.07, 6.45) is -3.59. The molecule has 0 aliphatic heterocycles. The molecule has 0 aromatic carbocycles. The molecule has 0 aliphatic carbocycles. The Morgan fingerprint density at radius 2 is 1.92 bits per heavy atom. The number of hydrogen-bond acceptors (Lipinski definition) is 5. The van der Waals surface area contributed by atoms with Crippen molar-refractivity contribution < 1.29 is 30.3 Å². The van der Waals surface area contributed by atoms with E-state index in [1.54, 1.807) is 0 Å². The van der Waals surface area contributed by atoms with Crippen molar-refractivity contribution in [1.82, 2.24) is 0 Å². The summed E-state index contributed by atoms with van der Waals surface area (Å²) in [4.78, 5) is 10.3.